The summed E-state index contributed by atoms with van der Waals surface area (Å²) in [6, 6.07) is 0. The standard InChI is InChI=1S/2CH2O3.Li.H2O.H/c2*2-1(3)4;;;/h2*(H2,2,3,4);;1H2;/q;;+1;;-1. The first-order valence-corrected chi connectivity index (χ1v) is 1.30. The van der Waals surface area contributed by atoms with Gasteiger partial charge in [-0.25, -0.2) is 9.59 Å². The molecule has 0 aromatic rings. The van der Waals surface area contributed by atoms with Gasteiger partial charge in [0, 0.05) is 0 Å². The summed E-state index contributed by atoms with van der Waals surface area (Å²) < 4.78 is 0. The SMILES string of the molecule is O.O=C(O)O.O=C(O)O.[H-].[Li+]. The van der Waals surface area contributed by atoms with Crippen LogP contribution >= 0.6 is 0 Å². The number of rotatable bonds is 0. The van der Waals surface area contributed by atoms with Crippen molar-refractivity contribution < 1.29 is 55.8 Å². The van der Waals surface area contributed by atoms with Crippen LogP contribution in [0.4, 0.5) is 9.59 Å². The Labute approximate surface area is 68.9 Å². The largest absolute Gasteiger partial charge is 1.00 e. The Morgan fingerprint density at radius 1 is 0.900 bits per heavy atom. The molecule has 10 heavy (non-hydrogen) atoms. The van der Waals surface area contributed by atoms with Crippen LogP contribution in [0.1, 0.15) is 1.43 Å². The maximum atomic E-state index is 8.56. The smallest absolute Gasteiger partial charge is 1.00 e. The third kappa shape index (κ3) is 324. The third-order valence-corrected chi connectivity index (χ3v) is 0. The zero-order chi connectivity index (χ0) is 7.15. The average molecular weight is 150 g/mol. The Bertz CT molecular complexity index is 74.4. The monoisotopic (exact) mass is 150 g/mol. The van der Waals surface area contributed by atoms with Gasteiger partial charge in [-0.2, -0.15) is 0 Å². The Balaban J connectivity index is -0.0000000171. The van der Waals surface area contributed by atoms with E-state index in [2.05, 4.69) is 0 Å². The number of carbonyl (C=O) groups is 2. The summed E-state index contributed by atoms with van der Waals surface area (Å²) in [7, 11) is 0. The Hall–Kier alpha value is -0.903. The molecule has 0 heterocycles. The van der Waals surface area contributed by atoms with Gasteiger partial charge in [-0.15, -0.1) is 0 Å². The van der Waals surface area contributed by atoms with E-state index in [0.29, 0.717) is 0 Å². The second kappa shape index (κ2) is 15.7. The molecule has 0 radical (unpaired) electrons. The molecule has 8 heteroatoms. The van der Waals surface area contributed by atoms with E-state index in [4.69, 9.17) is 30.0 Å². The van der Waals surface area contributed by atoms with E-state index in [1.807, 2.05) is 0 Å². The molecule has 0 aliphatic heterocycles. The van der Waals surface area contributed by atoms with Crippen LogP contribution in [-0.4, -0.2) is 38.2 Å². The van der Waals surface area contributed by atoms with Gasteiger partial charge in [-0.3, -0.25) is 0 Å². The molecular formula is C2H7LiO7. The summed E-state index contributed by atoms with van der Waals surface area (Å²) in [5, 5.41) is 27.9. The molecule has 0 bridgehead atoms. The normalized spacial score (nSPS) is 4.80. The molecule has 7 nitrogen and oxygen atoms in total. The predicted octanol–water partition coefficient (Wildman–Crippen LogP) is -3.26. The topological polar surface area (TPSA) is 147 Å². The van der Waals surface area contributed by atoms with Crippen molar-refractivity contribution in [1.29, 1.82) is 0 Å². The fourth-order valence-corrected chi connectivity index (χ4v) is 0. The first kappa shape index (κ1) is 23.0. The maximum absolute atomic E-state index is 8.56. The van der Waals surface area contributed by atoms with Crippen LogP contribution in [0.25, 0.3) is 0 Å². The third-order valence-electron chi connectivity index (χ3n) is 0. The van der Waals surface area contributed by atoms with E-state index in [9.17, 15) is 0 Å². The summed E-state index contributed by atoms with van der Waals surface area (Å²) >= 11 is 0. The van der Waals surface area contributed by atoms with Gasteiger partial charge in [0.15, 0.2) is 0 Å². The van der Waals surface area contributed by atoms with Gasteiger partial charge in [0.05, 0.1) is 0 Å². The molecule has 0 aromatic heterocycles. The van der Waals surface area contributed by atoms with Gasteiger partial charge < -0.3 is 27.3 Å². The second-order valence-corrected chi connectivity index (χ2v) is 0.565. The molecular weight excluding hydrogens is 143 g/mol. The van der Waals surface area contributed by atoms with Crippen LogP contribution in [0.3, 0.4) is 0 Å². The second-order valence-electron chi connectivity index (χ2n) is 0.565. The van der Waals surface area contributed by atoms with E-state index in [1.54, 1.807) is 0 Å². The minimum absolute atomic E-state index is 0. The first-order chi connectivity index (χ1) is 3.46. The van der Waals surface area contributed by atoms with Crippen molar-refractivity contribution in [2.45, 2.75) is 0 Å². The van der Waals surface area contributed by atoms with Crippen molar-refractivity contribution in [2.75, 3.05) is 0 Å². The fraction of sp³-hybridized carbons (Fsp3) is 0. The van der Waals surface area contributed by atoms with E-state index in [0.717, 1.165) is 0 Å². The first-order valence-electron chi connectivity index (χ1n) is 1.30. The molecule has 0 rings (SSSR count). The quantitative estimate of drug-likeness (QED) is 0.266. The van der Waals surface area contributed by atoms with E-state index >= 15 is 0 Å². The number of hydrogen-bond acceptors (Lipinski definition) is 2. The van der Waals surface area contributed by atoms with Gasteiger partial charge in [0.25, 0.3) is 0 Å². The van der Waals surface area contributed by atoms with Crippen molar-refractivity contribution in [2.24, 2.45) is 0 Å². The summed E-state index contributed by atoms with van der Waals surface area (Å²) in [6.07, 6.45) is -3.67. The van der Waals surface area contributed by atoms with Crippen LogP contribution in [-0.2, 0) is 0 Å². The minimum atomic E-state index is -1.83. The van der Waals surface area contributed by atoms with Crippen molar-refractivity contribution in [1.82, 2.24) is 0 Å². The van der Waals surface area contributed by atoms with Crippen molar-refractivity contribution in [3.8, 4) is 0 Å². The minimum Gasteiger partial charge on any atom is -1.00 e. The number of carboxylic acid groups (broad SMARTS) is 4. The maximum Gasteiger partial charge on any atom is 1.00 e. The molecule has 0 unspecified atom stereocenters. The zero-order valence-corrected chi connectivity index (χ0v) is 5.11. The molecule has 0 saturated heterocycles. The molecule has 0 atom stereocenters. The molecule has 0 saturated carbocycles. The molecule has 58 valence electrons. The van der Waals surface area contributed by atoms with Crippen molar-refractivity contribution >= 4 is 12.3 Å². The average Bonchev–Trinajstić information content (AvgIpc) is 1.25. The predicted molar refractivity (Wildman–Crippen MR) is 26.0 cm³/mol. The van der Waals surface area contributed by atoms with Gasteiger partial charge in [0.1, 0.15) is 0 Å². The summed E-state index contributed by atoms with van der Waals surface area (Å²) in [6.45, 7) is 0. The van der Waals surface area contributed by atoms with Gasteiger partial charge in [-0.05, 0) is 0 Å². The van der Waals surface area contributed by atoms with Crippen molar-refractivity contribution in [3.63, 3.8) is 0 Å². The molecule has 0 amide bonds. The van der Waals surface area contributed by atoms with E-state index < -0.39 is 12.3 Å². The molecule has 0 aromatic carbocycles. The Morgan fingerprint density at radius 2 is 0.900 bits per heavy atom. The zero-order valence-electron chi connectivity index (χ0n) is 6.11. The summed E-state index contributed by atoms with van der Waals surface area (Å²) in [4.78, 5) is 17.1. The van der Waals surface area contributed by atoms with E-state index in [-0.39, 0.29) is 25.8 Å². The summed E-state index contributed by atoms with van der Waals surface area (Å²) in [5.74, 6) is 0. The Kier molecular flexibility index (Phi) is 36.0. The van der Waals surface area contributed by atoms with Crippen LogP contribution in [0.2, 0.25) is 0 Å². The van der Waals surface area contributed by atoms with Crippen LogP contribution < -0.4 is 18.9 Å². The summed E-state index contributed by atoms with van der Waals surface area (Å²) in [5.41, 5.74) is 0. The molecule has 0 aliphatic rings. The van der Waals surface area contributed by atoms with Gasteiger partial charge in [-0.1, -0.05) is 0 Å². The van der Waals surface area contributed by atoms with Crippen LogP contribution in [0.15, 0.2) is 0 Å². The van der Waals surface area contributed by atoms with Gasteiger partial charge >= 0.3 is 31.2 Å². The van der Waals surface area contributed by atoms with E-state index in [1.165, 1.54) is 0 Å². The van der Waals surface area contributed by atoms with Crippen LogP contribution in [0, 0.1) is 0 Å². The Morgan fingerprint density at radius 3 is 0.900 bits per heavy atom. The van der Waals surface area contributed by atoms with Gasteiger partial charge in [0.2, 0.25) is 0 Å². The number of hydrogen-bond donors (Lipinski definition) is 4. The molecule has 6 N–H and O–H groups in total. The van der Waals surface area contributed by atoms with Crippen molar-refractivity contribution in [3.05, 3.63) is 0 Å². The molecule has 0 aliphatic carbocycles. The molecule has 0 spiro atoms. The fourth-order valence-electron chi connectivity index (χ4n) is 0. The molecule has 0 fully saturated rings. The van der Waals surface area contributed by atoms with Crippen LogP contribution in [0.5, 0.6) is 0 Å².